The summed E-state index contributed by atoms with van der Waals surface area (Å²) in [5.41, 5.74) is 0.971. The molecule has 0 atom stereocenters. The van der Waals surface area contributed by atoms with E-state index in [-0.39, 0.29) is 17.3 Å². The summed E-state index contributed by atoms with van der Waals surface area (Å²) in [5.74, 6) is -1.05. The van der Waals surface area contributed by atoms with Crippen molar-refractivity contribution in [3.8, 4) is 5.69 Å². The molecule has 3 rings (SSSR count). The number of nitrogens with one attached hydrogen (secondary N) is 1. The summed E-state index contributed by atoms with van der Waals surface area (Å²) in [5, 5.41) is 17.4. The maximum atomic E-state index is 12.4. The minimum absolute atomic E-state index is 0.0215. The Hall–Kier alpha value is -3.21. The van der Waals surface area contributed by atoms with Gasteiger partial charge < -0.3 is 10.1 Å². The second-order valence-corrected chi connectivity index (χ2v) is 5.18. The van der Waals surface area contributed by atoms with E-state index in [9.17, 15) is 9.59 Å². The van der Waals surface area contributed by atoms with Gasteiger partial charge in [0.1, 0.15) is 6.33 Å². The molecule has 1 amide bonds. The Balaban J connectivity index is 1.80. The first-order valence-electron chi connectivity index (χ1n) is 6.83. The third kappa shape index (κ3) is 3.25. The fraction of sp³-hybridized carbons (Fsp3) is 0.154. The quantitative estimate of drug-likeness (QED) is 0.677. The van der Waals surface area contributed by atoms with Gasteiger partial charge in [0, 0.05) is 17.1 Å². The van der Waals surface area contributed by atoms with E-state index < -0.39 is 11.9 Å². The van der Waals surface area contributed by atoms with E-state index in [2.05, 4.69) is 30.4 Å². The van der Waals surface area contributed by atoms with Gasteiger partial charge >= 0.3 is 5.97 Å². The molecule has 0 aliphatic carbocycles. The van der Waals surface area contributed by atoms with Gasteiger partial charge in [-0.05, 0) is 35.5 Å². The van der Waals surface area contributed by atoms with E-state index in [0.717, 1.165) is 11.5 Å². The number of carbonyl (C=O) groups excluding carboxylic acids is 2. The summed E-state index contributed by atoms with van der Waals surface area (Å²) in [7, 11) is 0. The van der Waals surface area contributed by atoms with E-state index in [1.54, 1.807) is 31.2 Å². The average Bonchev–Trinajstić information content (AvgIpc) is 3.27. The van der Waals surface area contributed by atoms with E-state index >= 15 is 0 Å². The van der Waals surface area contributed by atoms with Gasteiger partial charge in [0.25, 0.3) is 5.91 Å². The predicted molar refractivity (Wildman–Crippen MR) is 83.0 cm³/mol. The van der Waals surface area contributed by atoms with E-state index in [1.807, 2.05) is 0 Å². The van der Waals surface area contributed by atoms with Crippen LogP contribution in [0.1, 0.15) is 27.8 Å². The Labute approximate surface area is 139 Å². The van der Waals surface area contributed by atoms with Gasteiger partial charge in [0.15, 0.2) is 5.00 Å². The van der Waals surface area contributed by atoms with Crippen LogP contribution in [-0.4, -0.2) is 48.3 Å². The molecule has 122 valence electrons. The highest BCUT2D eigenvalue weighted by Crippen LogP contribution is 2.20. The Morgan fingerprint density at radius 1 is 1.38 bits per heavy atom. The second kappa shape index (κ2) is 6.91. The van der Waals surface area contributed by atoms with Crippen LogP contribution >= 0.6 is 11.5 Å². The van der Waals surface area contributed by atoms with Gasteiger partial charge in [-0.25, -0.2) is 9.48 Å². The number of nitrogens with zero attached hydrogens (tertiary/aromatic N) is 6. The fourth-order valence-corrected chi connectivity index (χ4v) is 2.40. The molecule has 0 saturated carbocycles. The van der Waals surface area contributed by atoms with Crippen LogP contribution in [0.25, 0.3) is 5.69 Å². The SMILES string of the molecule is CCOC(=O)c1nnsc1NC(=O)c1cccc(-n2cnnn2)c1. The number of carbonyl (C=O) groups is 2. The van der Waals surface area contributed by atoms with Gasteiger partial charge in [0.05, 0.1) is 12.3 Å². The van der Waals surface area contributed by atoms with Crippen LogP contribution in [0.3, 0.4) is 0 Å². The molecule has 0 spiro atoms. The molecule has 24 heavy (non-hydrogen) atoms. The van der Waals surface area contributed by atoms with Gasteiger partial charge in [0.2, 0.25) is 5.69 Å². The molecular formula is C13H11N7O3S. The van der Waals surface area contributed by atoms with Crippen LogP contribution in [0.4, 0.5) is 5.00 Å². The first kappa shape index (κ1) is 15.7. The molecule has 0 unspecified atom stereocenters. The summed E-state index contributed by atoms with van der Waals surface area (Å²) in [6, 6.07) is 6.69. The van der Waals surface area contributed by atoms with Crippen molar-refractivity contribution in [1.29, 1.82) is 0 Å². The Kier molecular flexibility index (Phi) is 4.52. The summed E-state index contributed by atoms with van der Waals surface area (Å²) in [4.78, 5) is 24.2. The Morgan fingerprint density at radius 3 is 3.00 bits per heavy atom. The number of tetrazole rings is 1. The lowest BCUT2D eigenvalue weighted by Crippen LogP contribution is -2.15. The zero-order valence-electron chi connectivity index (χ0n) is 12.4. The standard InChI is InChI=1S/C13H11N7O3S/c1-2-23-13(22)10-12(24-19-16-10)15-11(21)8-4-3-5-9(6-8)20-7-14-17-18-20/h3-7H,2H2,1H3,(H,15,21). The van der Waals surface area contributed by atoms with Gasteiger partial charge in [-0.3, -0.25) is 4.79 Å². The molecule has 2 heterocycles. The average molecular weight is 345 g/mol. The lowest BCUT2D eigenvalue weighted by molar-refractivity contribution is 0.0520. The maximum absolute atomic E-state index is 12.4. The van der Waals surface area contributed by atoms with Crippen molar-refractivity contribution in [2.45, 2.75) is 6.92 Å². The molecule has 0 aliphatic rings. The molecule has 11 heteroatoms. The highest BCUT2D eigenvalue weighted by Gasteiger charge is 2.20. The van der Waals surface area contributed by atoms with Crippen molar-refractivity contribution in [3.63, 3.8) is 0 Å². The zero-order valence-corrected chi connectivity index (χ0v) is 13.2. The fourth-order valence-electron chi connectivity index (χ4n) is 1.85. The van der Waals surface area contributed by atoms with Crippen molar-refractivity contribution in [2.75, 3.05) is 11.9 Å². The van der Waals surface area contributed by atoms with Crippen molar-refractivity contribution >= 4 is 28.4 Å². The van der Waals surface area contributed by atoms with E-state index in [0.29, 0.717) is 11.3 Å². The van der Waals surface area contributed by atoms with Crippen LogP contribution in [0, 0.1) is 0 Å². The van der Waals surface area contributed by atoms with Crippen LogP contribution < -0.4 is 5.32 Å². The van der Waals surface area contributed by atoms with Crippen molar-refractivity contribution < 1.29 is 14.3 Å². The predicted octanol–water partition coefficient (Wildman–Crippen LogP) is 0.943. The van der Waals surface area contributed by atoms with Gasteiger partial charge in [-0.15, -0.1) is 10.2 Å². The lowest BCUT2D eigenvalue weighted by Gasteiger charge is -2.06. The minimum Gasteiger partial charge on any atom is -0.461 e. The van der Waals surface area contributed by atoms with E-state index in [4.69, 9.17) is 4.74 Å². The molecular weight excluding hydrogens is 334 g/mol. The highest BCUT2D eigenvalue weighted by atomic mass is 32.1. The number of esters is 1. The highest BCUT2D eigenvalue weighted by molar-refractivity contribution is 7.10. The summed E-state index contributed by atoms with van der Waals surface area (Å²) >= 11 is 0.897. The second-order valence-electron chi connectivity index (χ2n) is 4.43. The van der Waals surface area contributed by atoms with Gasteiger partial charge in [-0.1, -0.05) is 10.6 Å². The van der Waals surface area contributed by atoms with Crippen LogP contribution in [0.15, 0.2) is 30.6 Å². The Bertz CT molecular complexity index is 862. The minimum atomic E-state index is -0.635. The van der Waals surface area contributed by atoms with Crippen molar-refractivity contribution in [2.24, 2.45) is 0 Å². The van der Waals surface area contributed by atoms with E-state index in [1.165, 1.54) is 11.0 Å². The van der Waals surface area contributed by atoms with Crippen LogP contribution in [-0.2, 0) is 4.74 Å². The molecule has 10 nitrogen and oxygen atoms in total. The summed E-state index contributed by atoms with van der Waals surface area (Å²) < 4.78 is 9.97. The lowest BCUT2D eigenvalue weighted by atomic mass is 10.2. The molecule has 0 fully saturated rings. The summed E-state index contributed by atoms with van der Waals surface area (Å²) in [6.07, 6.45) is 1.42. The number of hydrogen-bond acceptors (Lipinski definition) is 9. The molecule has 1 aromatic carbocycles. The first-order chi connectivity index (χ1) is 11.7. The molecule has 3 aromatic rings. The number of rotatable bonds is 5. The van der Waals surface area contributed by atoms with Crippen molar-refractivity contribution in [1.82, 2.24) is 29.8 Å². The third-order valence-electron chi connectivity index (χ3n) is 2.91. The first-order valence-corrected chi connectivity index (χ1v) is 7.60. The third-order valence-corrected chi connectivity index (χ3v) is 3.55. The monoisotopic (exact) mass is 345 g/mol. The number of aromatic nitrogens is 6. The molecule has 1 N–H and O–H groups in total. The molecule has 0 saturated heterocycles. The Morgan fingerprint density at radius 2 is 2.25 bits per heavy atom. The largest absolute Gasteiger partial charge is 0.461 e. The topological polar surface area (TPSA) is 125 Å². The number of benzene rings is 1. The number of ether oxygens (including phenoxy) is 1. The number of amides is 1. The molecule has 0 aliphatic heterocycles. The van der Waals surface area contributed by atoms with Crippen LogP contribution in [0.5, 0.6) is 0 Å². The number of anilines is 1. The smallest absolute Gasteiger partial charge is 0.362 e. The molecule has 0 bridgehead atoms. The molecule has 0 radical (unpaired) electrons. The zero-order chi connectivity index (χ0) is 16.9. The summed E-state index contributed by atoms with van der Waals surface area (Å²) in [6.45, 7) is 1.89. The number of hydrogen-bond donors (Lipinski definition) is 1. The normalized spacial score (nSPS) is 10.4. The van der Waals surface area contributed by atoms with Crippen LogP contribution in [0.2, 0.25) is 0 Å². The molecule has 2 aromatic heterocycles. The van der Waals surface area contributed by atoms with Gasteiger partial charge in [-0.2, -0.15) is 0 Å². The van der Waals surface area contributed by atoms with Crippen molar-refractivity contribution in [3.05, 3.63) is 41.9 Å². The maximum Gasteiger partial charge on any atom is 0.362 e.